The first-order valence-corrected chi connectivity index (χ1v) is 2.78. The summed E-state index contributed by atoms with van der Waals surface area (Å²) in [7, 11) is 0. The molecule has 1 heterocycles. The fourth-order valence-corrected chi connectivity index (χ4v) is 0.598. The number of nitrogens with zero attached hydrogens (tertiary/aromatic N) is 3. The minimum absolute atomic E-state index is 0.637. The number of aryl methyl sites for hydroxylation is 1. The zero-order chi connectivity index (χ0) is 7.40. The fraction of sp³-hybridized carbons (Fsp3) is 0.167. The third kappa shape index (κ3) is 1.28. The lowest BCUT2D eigenvalue weighted by atomic mass is 10.3. The van der Waals surface area contributed by atoms with Gasteiger partial charge in [-0.2, -0.15) is 0 Å². The summed E-state index contributed by atoms with van der Waals surface area (Å²) in [6, 6.07) is 0. The van der Waals surface area contributed by atoms with Crippen molar-refractivity contribution in [2.24, 2.45) is 5.16 Å². The molecule has 1 N–H and O–H groups in total. The van der Waals surface area contributed by atoms with Crippen LogP contribution in [0.4, 0.5) is 0 Å². The van der Waals surface area contributed by atoms with Crippen molar-refractivity contribution < 1.29 is 5.21 Å². The molecule has 0 unspecified atom stereocenters. The molecule has 1 aromatic heterocycles. The minimum atomic E-state index is 0.637. The van der Waals surface area contributed by atoms with E-state index < -0.39 is 0 Å². The molecule has 0 aliphatic rings. The largest absolute Gasteiger partial charge is 0.411 e. The number of hydrogen-bond donors (Lipinski definition) is 1. The number of oxime groups is 1. The van der Waals surface area contributed by atoms with Crippen molar-refractivity contribution in [1.82, 2.24) is 9.97 Å². The second-order valence-electron chi connectivity index (χ2n) is 1.84. The van der Waals surface area contributed by atoms with Gasteiger partial charge in [0.25, 0.3) is 0 Å². The Kier molecular flexibility index (Phi) is 1.94. The molecule has 1 aromatic rings. The SMILES string of the molecule is Cc1cncnc1/C=N\O. The molecule has 0 atom stereocenters. The maximum Gasteiger partial charge on any atom is 0.116 e. The van der Waals surface area contributed by atoms with Crippen LogP contribution in [0.3, 0.4) is 0 Å². The standard InChI is InChI=1S/C6H7N3O/c1-5-2-7-4-8-6(5)3-9-10/h2-4,10H,1H3/b9-3-. The monoisotopic (exact) mass is 137 g/mol. The van der Waals surface area contributed by atoms with E-state index in [2.05, 4.69) is 15.1 Å². The molecule has 1 rings (SSSR count). The van der Waals surface area contributed by atoms with Crippen molar-refractivity contribution in [2.45, 2.75) is 6.92 Å². The minimum Gasteiger partial charge on any atom is -0.411 e. The lowest BCUT2D eigenvalue weighted by molar-refractivity contribution is 0.321. The van der Waals surface area contributed by atoms with Gasteiger partial charge in [-0.25, -0.2) is 9.97 Å². The number of hydrogen-bond acceptors (Lipinski definition) is 4. The van der Waals surface area contributed by atoms with Crippen molar-refractivity contribution in [3.63, 3.8) is 0 Å². The molecule has 0 radical (unpaired) electrons. The average Bonchev–Trinajstić information content (AvgIpc) is 1.94. The predicted molar refractivity (Wildman–Crippen MR) is 36.1 cm³/mol. The van der Waals surface area contributed by atoms with Gasteiger partial charge in [0, 0.05) is 6.20 Å². The Labute approximate surface area is 58.2 Å². The lowest BCUT2D eigenvalue weighted by Crippen LogP contribution is -1.92. The van der Waals surface area contributed by atoms with E-state index in [0.29, 0.717) is 5.69 Å². The zero-order valence-corrected chi connectivity index (χ0v) is 5.52. The zero-order valence-electron chi connectivity index (χ0n) is 5.52. The lowest BCUT2D eigenvalue weighted by Gasteiger charge is -1.92. The fourth-order valence-electron chi connectivity index (χ4n) is 0.598. The molecule has 10 heavy (non-hydrogen) atoms. The highest BCUT2D eigenvalue weighted by Crippen LogP contribution is 1.96. The van der Waals surface area contributed by atoms with Gasteiger partial charge in [-0.15, -0.1) is 0 Å². The second kappa shape index (κ2) is 2.91. The summed E-state index contributed by atoms with van der Waals surface area (Å²) in [5, 5.41) is 11.0. The van der Waals surface area contributed by atoms with Crippen LogP contribution >= 0.6 is 0 Å². The quantitative estimate of drug-likeness (QED) is 0.350. The van der Waals surface area contributed by atoms with E-state index in [1.54, 1.807) is 6.20 Å². The molecule has 0 aromatic carbocycles. The summed E-state index contributed by atoms with van der Waals surface area (Å²) in [6.07, 6.45) is 4.34. The second-order valence-corrected chi connectivity index (χ2v) is 1.84. The summed E-state index contributed by atoms with van der Waals surface area (Å²) in [6.45, 7) is 1.84. The number of aromatic nitrogens is 2. The van der Waals surface area contributed by atoms with Gasteiger partial charge >= 0.3 is 0 Å². The average molecular weight is 137 g/mol. The Morgan fingerprint density at radius 3 is 3.10 bits per heavy atom. The summed E-state index contributed by atoms with van der Waals surface area (Å²) in [4.78, 5) is 7.62. The van der Waals surface area contributed by atoms with Crippen LogP contribution in [0.1, 0.15) is 11.3 Å². The van der Waals surface area contributed by atoms with Crippen LogP contribution in [0, 0.1) is 6.92 Å². The van der Waals surface area contributed by atoms with Crippen LogP contribution in [0.5, 0.6) is 0 Å². The smallest absolute Gasteiger partial charge is 0.116 e. The van der Waals surface area contributed by atoms with Gasteiger partial charge in [0.05, 0.1) is 11.9 Å². The van der Waals surface area contributed by atoms with Gasteiger partial charge in [-0.3, -0.25) is 0 Å². The van der Waals surface area contributed by atoms with Crippen LogP contribution in [0.25, 0.3) is 0 Å². The van der Waals surface area contributed by atoms with E-state index in [9.17, 15) is 0 Å². The van der Waals surface area contributed by atoms with Crippen LogP contribution in [0.2, 0.25) is 0 Å². The Morgan fingerprint density at radius 2 is 2.50 bits per heavy atom. The Balaban J connectivity index is 3.03. The van der Waals surface area contributed by atoms with Gasteiger partial charge in [0.15, 0.2) is 0 Å². The molecular formula is C6H7N3O. The third-order valence-corrected chi connectivity index (χ3v) is 1.12. The maximum absolute atomic E-state index is 8.15. The van der Waals surface area contributed by atoms with Gasteiger partial charge in [-0.05, 0) is 12.5 Å². The topological polar surface area (TPSA) is 58.4 Å². The van der Waals surface area contributed by atoms with Gasteiger partial charge in [0.1, 0.15) is 6.33 Å². The normalized spacial score (nSPS) is 10.5. The molecule has 0 bridgehead atoms. The molecule has 0 saturated carbocycles. The summed E-state index contributed by atoms with van der Waals surface area (Å²) in [5.74, 6) is 0. The van der Waals surface area contributed by atoms with Crippen LogP contribution in [-0.4, -0.2) is 21.4 Å². The maximum atomic E-state index is 8.15. The molecule has 0 aliphatic heterocycles. The predicted octanol–water partition coefficient (Wildman–Crippen LogP) is 0.593. The third-order valence-electron chi connectivity index (χ3n) is 1.12. The Morgan fingerprint density at radius 1 is 1.70 bits per heavy atom. The van der Waals surface area contributed by atoms with Crippen molar-refractivity contribution in [3.8, 4) is 0 Å². The molecule has 0 spiro atoms. The van der Waals surface area contributed by atoms with Crippen LogP contribution in [-0.2, 0) is 0 Å². The molecule has 52 valence electrons. The molecule has 0 aliphatic carbocycles. The van der Waals surface area contributed by atoms with Crippen LogP contribution < -0.4 is 0 Å². The van der Waals surface area contributed by atoms with Crippen LogP contribution in [0.15, 0.2) is 17.7 Å². The van der Waals surface area contributed by atoms with E-state index in [1.807, 2.05) is 6.92 Å². The molecule has 0 saturated heterocycles. The summed E-state index contributed by atoms with van der Waals surface area (Å²) in [5.41, 5.74) is 1.53. The Hall–Kier alpha value is -1.45. The van der Waals surface area contributed by atoms with E-state index >= 15 is 0 Å². The molecule has 0 amide bonds. The molecule has 0 fully saturated rings. The van der Waals surface area contributed by atoms with Crippen molar-refractivity contribution in [2.75, 3.05) is 0 Å². The first-order chi connectivity index (χ1) is 4.84. The van der Waals surface area contributed by atoms with E-state index in [0.717, 1.165) is 5.56 Å². The highest BCUT2D eigenvalue weighted by atomic mass is 16.4. The molecule has 4 heteroatoms. The van der Waals surface area contributed by atoms with Gasteiger partial charge in [-0.1, -0.05) is 5.16 Å². The number of rotatable bonds is 1. The first-order valence-electron chi connectivity index (χ1n) is 2.78. The van der Waals surface area contributed by atoms with Crippen molar-refractivity contribution in [3.05, 3.63) is 23.8 Å². The van der Waals surface area contributed by atoms with Gasteiger partial charge in [0.2, 0.25) is 0 Å². The van der Waals surface area contributed by atoms with Crippen molar-refractivity contribution in [1.29, 1.82) is 0 Å². The summed E-state index contributed by atoms with van der Waals surface area (Å²) < 4.78 is 0. The first kappa shape index (κ1) is 6.67. The van der Waals surface area contributed by atoms with E-state index in [-0.39, 0.29) is 0 Å². The van der Waals surface area contributed by atoms with Crippen molar-refractivity contribution >= 4 is 6.21 Å². The van der Waals surface area contributed by atoms with Gasteiger partial charge < -0.3 is 5.21 Å². The highest BCUT2D eigenvalue weighted by Gasteiger charge is 1.92. The Bertz CT molecular complexity index is 247. The van der Waals surface area contributed by atoms with E-state index in [4.69, 9.17) is 5.21 Å². The molecule has 4 nitrogen and oxygen atoms in total. The highest BCUT2D eigenvalue weighted by molar-refractivity contribution is 5.77. The summed E-state index contributed by atoms with van der Waals surface area (Å²) >= 11 is 0. The van der Waals surface area contributed by atoms with E-state index in [1.165, 1.54) is 12.5 Å². The molecular weight excluding hydrogens is 130 g/mol.